The molecule has 12 saturated heterocycles. The third kappa shape index (κ3) is 26.7. The molecule has 12 heterocycles. The summed E-state index contributed by atoms with van der Waals surface area (Å²) in [7, 11) is 3.25. The minimum absolute atomic E-state index is 0.817. The van der Waals surface area contributed by atoms with Crippen LogP contribution >= 0.6 is 0 Å². The lowest BCUT2D eigenvalue weighted by atomic mass is 9.93. The van der Waals surface area contributed by atoms with Gasteiger partial charge in [-0.05, 0) is 6.92 Å². The number of hydrogen-bond acceptors (Lipinski definition) is 59. The van der Waals surface area contributed by atoms with Gasteiger partial charge in [-0.2, -0.15) is 0 Å². The Labute approximate surface area is 823 Å². The molecule has 63 nitrogen and oxygen atoms in total. The molecule has 59 atom stereocenters. The maximum absolute atomic E-state index is 13.7. The number of aliphatic hydroxyl groups is 29. The molecule has 0 aliphatic carbocycles. The predicted molar refractivity (Wildman–Crippen MR) is 448 cm³/mol. The van der Waals surface area contributed by atoms with Crippen LogP contribution in [0.15, 0.2) is 0 Å². The molecular weight excluding hydrogens is 1980 g/mol. The number of carbonyl (C=O) groups is 4. The summed E-state index contributed by atoms with van der Waals surface area (Å²) in [5.74, 6) is -3.98. The second kappa shape index (κ2) is 52.7. The lowest BCUT2D eigenvalue weighted by Crippen LogP contribution is -2.72. The van der Waals surface area contributed by atoms with Gasteiger partial charge in [-0.15, -0.1) is 0 Å². The zero-order valence-corrected chi connectivity index (χ0v) is 79.1. The number of carbonyl (C=O) groups excluding carboxylic acids is 4. The SMILES string of the molecule is CO[C@H]1[C@@H](O)[C@@H](CO)O[C@@H](OC[C@H]2O[C@@H](O[C@H]3[C@@H](O)[C@@H](CO[C@@H]4O[C@H](CO)[C@H](O)[C@H](OC)[C@H]4O)O[C@@H](O[C@H]4[C@H](O)[C@@H](NC(C)=O)[C@H](O[C@@H]5[C@@H](O[C@H]6[C@H](O)[C@@H](CO[C@H]7O[C@H](CO)[C@@H](O)[C@H](O)[C@@H]7O)O[C@@H](O[C@H]7[C@H](O)[C@@H](NC(C)=O)[C@H](O[C@H]8[C@H](O)[C@@H](NC(C)=O)[C@H](O)O[C@@H]8CO[C@@H]8O[C@@H](C)[C@@H](O)[C@@H](O)[C@@H]8O)O[C@@H]7CO)[C@H]6O[C@@H]6OC[C@@H](O)[C@H](O)[C@H]6O)O[C@H](CO)[C@@H](O)[C@@H]5O)O[C@@H]4CO)[C@@H]3NC(C)=O)[C@H](O)[C@@H](OC)[C@H]2O)[C@@H]1O. The summed E-state index contributed by atoms with van der Waals surface area (Å²) in [5.41, 5.74) is 0. The van der Waals surface area contributed by atoms with Crippen molar-refractivity contribution in [2.75, 3.05) is 94.0 Å². The van der Waals surface area contributed by atoms with Crippen molar-refractivity contribution in [2.24, 2.45) is 0 Å². The van der Waals surface area contributed by atoms with Crippen LogP contribution in [0.3, 0.4) is 0 Å². The van der Waals surface area contributed by atoms with E-state index in [0.717, 1.165) is 49.0 Å². The molecule has 33 N–H and O–H groups in total. The largest absolute Gasteiger partial charge is 0.394 e. The van der Waals surface area contributed by atoms with Gasteiger partial charge in [0.1, 0.15) is 281 Å². The highest BCUT2D eigenvalue weighted by molar-refractivity contribution is 5.74. The monoisotopic (exact) mass is 2120 g/mol. The van der Waals surface area contributed by atoms with Gasteiger partial charge in [0.05, 0.1) is 78.8 Å². The Balaban J connectivity index is 0.886. The summed E-state index contributed by atoms with van der Waals surface area (Å²) < 4.78 is 156. The molecule has 0 aromatic carbocycles. The van der Waals surface area contributed by atoms with Crippen LogP contribution in [-0.2, 0) is 142 Å². The van der Waals surface area contributed by atoms with Crippen molar-refractivity contribution in [1.29, 1.82) is 0 Å². The molecule has 0 spiro atoms. The summed E-state index contributed by atoms with van der Waals surface area (Å²) in [6.45, 7) is -6.51. The first-order valence-electron chi connectivity index (χ1n) is 46.6. The van der Waals surface area contributed by atoms with E-state index in [1.165, 1.54) is 6.92 Å². The second-order valence-electron chi connectivity index (χ2n) is 36.9. The molecule has 12 rings (SSSR count). The van der Waals surface area contributed by atoms with Gasteiger partial charge in [0.2, 0.25) is 23.6 Å². The van der Waals surface area contributed by atoms with Crippen molar-refractivity contribution in [3.8, 4) is 0 Å². The molecule has 12 aliphatic rings. The molecule has 12 aliphatic heterocycles. The van der Waals surface area contributed by atoms with Crippen molar-refractivity contribution in [1.82, 2.24) is 21.3 Å². The fourth-order valence-electron chi connectivity index (χ4n) is 19.0. The van der Waals surface area contributed by atoms with Crippen LogP contribution in [0.25, 0.3) is 0 Å². The lowest BCUT2D eigenvalue weighted by molar-refractivity contribution is -0.411. The number of methoxy groups -OCH3 is 3. The van der Waals surface area contributed by atoms with Crippen LogP contribution in [0.4, 0.5) is 0 Å². The van der Waals surface area contributed by atoms with Gasteiger partial charge in [0.25, 0.3) is 0 Å². The average molecular weight is 2120 g/mol. The van der Waals surface area contributed by atoms with Crippen LogP contribution in [0, 0.1) is 0 Å². The van der Waals surface area contributed by atoms with Crippen LogP contribution in [0.5, 0.6) is 0 Å². The molecule has 0 bridgehead atoms. The molecule has 0 aromatic heterocycles. The van der Waals surface area contributed by atoms with Crippen LogP contribution in [0.2, 0.25) is 0 Å². The lowest BCUT2D eigenvalue weighted by Gasteiger charge is -2.52. The van der Waals surface area contributed by atoms with E-state index >= 15 is 0 Å². The van der Waals surface area contributed by atoms with Crippen molar-refractivity contribution in [3.05, 3.63) is 0 Å². The van der Waals surface area contributed by atoms with E-state index in [1.54, 1.807) is 0 Å². The Bertz CT molecular complexity index is 3980. The molecule has 0 saturated carbocycles. The highest BCUT2D eigenvalue weighted by atomic mass is 16.8. The molecule has 12 fully saturated rings. The van der Waals surface area contributed by atoms with E-state index in [9.17, 15) is 167 Å². The van der Waals surface area contributed by atoms with Crippen molar-refractivity contribution >= 4 is 23.6 Å². The molecule has 840 valence electrons. The summed E-state index contributed by atoms with van der Waals surface area (Å²) in [5, 5.41) is 340. The van der Waals surface area contributed by atoms with Gasteiger partial charge < -0.3 is 293 Å². The quantitative estimate of drug-likeness (QED) is 0.0272. The zero-order chi connectivity index (χ0) is 106. The summed E-state index contributed by atoms with van der Waals surface area (Å²) in [6, 6.07) is -8.12. The number of amides is 4. The van der Waals surface area contributed by atoms with Gasteiger partial charge in [-0.3, -0.25) is 19.2 Å². The van der Waals surface area contributed by atoms with Gasteiger partial charge in [0.15, 0.2) is 75.5 Å². The number of hydrogen-bond donors (Lipinski definition) is 33. The molecule has 4 amide bonds. The molecule has 0 radical (unpaired) electrons. The molecule has 0 unspecified atom stereocenters. The van der Waals surface area contributed by atoms with Gasteiger partial charge >= 0.3 is 0 Å². The van der Waals surface area contributed by atoms with Crippen molar-refractivity contribution in [3.63, 3.8) is 0 Å². The summed E-state index contributed by atoms with van der Waals surface area (Å²) >= 11 is 0. The fourth-order valence-corrected chi connectivity index (χ4v) is 19.0. The topological polar surface area (TPSA) is 943 Å². The molecular formula is C82H138N4O59. The number of rotatable bonds is 39. The standard InChI is InChI=1S/C82H138N4O59/c1-20-40(98)52(110)56(114)75(128-20)127-19-35-63(49(107)36(71(119)129-35)83-21(2)93)140-72-37(84-22(3)94)51(109)62(31(14-92)134-72)141-82-70(145-77-55(113)41(99)25(97)15-123-77)68(48(106)34(138-82)18-124-76-57(115)53(111)42(100)26(9-87)130-76)143-81-69(54(112)43(101)27(10-88)133-81)144-73-38(85-23(4)95)50(108)61(30(13-91)135-73)139-74-39(86-24(5)96)64(46(104)32(136-74)16-125-78-58(116)65(120-6)44(102)28(11-89)131-78)142-80-60(118)67(122-8)47(105)33(137-80)17-126-79-59(117)66(121-7)45(103)29(12-90)132-79/h20,25-82,87-92,97-119H,9-19H2,1-8H3,(H,83,93)(H,84,94)(H,85,95)(H,86,96)/t20-,25+,26+,27+,28+,29+,30+,31+,32+,33+,34+,35+,36+,37+,38+,39+,40+,41-,42+,43+,44-,45-,46-,47-,48+,49+,50+,51+,52+,53-,54-,55+,56-,57-,58+,59+,60+,61+,62+,63+,64+,65-,66-,67-,68-,69-,70-,71+,72-,73-,74-,75+,76-,77-,78+,79+,80-,81+,82-/m0/s1. The van der Waals surface area contributed by atoms with E-state index in [2.05, 4.69) is 21.3 Å². The summed E-state index contributed by atoms with van der Waals surface area (Å²) in [4.78, 5) is 53.5. The Morgan fingerprint density at radius 1 is 0.234 bits per heavy atom. The normalized spacial score (nSPS) is 49.6. The van der Waals surface area contributed by atoms with E-state index in [0.29, 0.717) is 0 Å². The van der Waals surface area contributed by atoms with Crippen LogP contribution in [0.1, 0.15) is 34.6 Å². The van der Waals surface area contributed by atoms with E-state index in [1.807, 2.05) is 0 Å². The van der Waals surface area contributed by atoms with E-state index in [-0.39, 0.29) is 0 Å². The fraction of sp³-hybridized carbons (Fsp3) is 0.951. The van der Waals surface area contributed by atoms with Gasteiger partial charge in [-0.25, -0.2) is 0 Å². The Morgan fingerprint density at radius 3 is 0.979 bits per heavy atom. The smallest absolute Gasteiger partial charge is 0.217 e. The third-order valence-corrected chi connectivity index (χ3v) is 26.9. The predicted octanol–water partition coefficient (Wildman–Crippen LogP) is -23.0. The highest BCUT2D eigenvalue weighted by Gasteiger charge is 2.64. The summed E-state index contributed by atoms with van der Waals surface area (Å²) in [6.07, 6.45) is -113. The van der Waals surface area contributed by atoms with E-state index in [4.69, 9.17) is 123 Å². The molecule has 0 aromatic rings. The Morgan fingerprint density at radius 2 is 0.524 bits per heavy atom. The van der Waals surface area contributed by atoms with Gasteiger partial charge in [-0.1, -0.05) is 0 Å². The number of aliphatic hydroxyl groups excluding tert-OH is 29. The Hall–Kier alpha value is -4.32. The minimum atomic E-state index is -2.60. The van der Waals surface area contributed by atoms with E-state index < -0.39 is 458 Å². The maximum Gasteiger partial charge on any atom is 0.217 e. The minimum Gasteiger partial charge on any atom is -0.394 e. The Kier molecular flexibility index (Phi) is 43.4. The van der Waals surface area contributed by atoms with Crippen LogP contribution in [-0.4, -0.2) is 628 Å². The first-order chi connectivity index (χ1) is 68.7. The third-order valence-electron chi connectivity index (χ3n) is 26.9. The van der Waals surface area contributed by atoms with Crippen LogP contribution < -0.4 is 21.3 Å². The number of ether oxygens (including phenoxy) is 26. The maximum atomic E-state index is 13.7. The first kappa shape index (κ1) is 119. The molecule has 63 heteroatoms. The van der Waals surface area contributed by atoms with Gasteiger partial charge in [0, 0.05) is 49.0 Å². The second-order valence-corrected chi connectivity index (χ2v) is 36.9. The average Bonchev–Trinajstić information content (AvgIpc) is 0.753. The zero-order valence-electron chi connectivity index (χ0n) is 79.1. The highest BCUT2D eigenvalue weighted by Crippen LogP contribution is 2.43. The van der Waals surface area contributed by atoms with Crippen molar-refractivity contribution in [2.45, 2.75) is 397 Å². The first-order valence-corrected chi connectivity index (χ1v) is 46.6. The molecule has 145 heavy (non-hydrogen) atoms. The van der Waals surface area contributed by atoms with Crippen molar-refractivity contribution < 1.29 is 290 Å². The number of nitrogens with one attached hydrogen (secondary N) is 4.